The van der Waals surface area contributed by atoms with Crippen LogP contribution >= 0.6 is 0 Å². The molecule has 0 spiro atoms. The lowest BCUT2D eigenvalue weighted by atomic mass is 10.0. The van der Waals surface area contributed by atoms with E-state index in [-0.39, 0.29) is 6.09 Å². The first kappa shape index (κ1) is 14.2. The summed E-state index contributed by atoms with van der Waals surface area (Å²) >= 11 is 0. The molecule has 0 heterocycles. The monoisotopic (exact) mass is 216 g/mol. The predicted octanol–water partition coefficient (Wildman–Crippen LogP) is 1.71. The Morgan fingerprint density at radius 1 is 1.40 bits per heavy atom. The highest BCUT2D eigenvalue weighted by Crippen LogP contribution is 2.07. The van der Waals surface area contributed by atoms with Gasteiger partial charge >= 0.3 is 6.09 Å². The minimum atomic E-state index is -0.326. The Kier molecular flexibility index (Phi) is 7.13. The Morgan fingerprint density at radius 2 is 2.00 bits per heavy atom. The second kappa shape index (κ2) is 7.51. The van der Waals surface area contributed by atoms with Crippen molar-refractivity contribution in [3.8, 4) is 0 Å². The number of hydrogen-bond donors (Lipinski definition) is 1. The van der Waals surface area contributed by atoms with E-state index in [1.807, 2.05) is 14.1 Å². The summed E-state index contributed by atoms with van der Waals surface area (Å²) in [6.45, 7) is 7.23. The SMILES string of the molecule is CCOC(=O)NCC(CC(C)C)N(C)C. The minimum absolute atomic E-state index is 0.326. The molecule has 0 aliphatic rings. The molecule has 1 amide bonds. The fourth-order valence-corrected chi connectivity index (χ4v) is 1.40. The number of nitrogens with zero attached hydrogens (tertiary/aromatic N) is 1. The zero-order valence-electron chi connectivity index (χ0n) is 10.5. The van der Waals surface area contributed by atoms with E-state index in [0.29, 0.717) is 25.1 Å². The smallest absolute Gasteiger partial charge is 0.407 e. The summed E-state index contributed by atoms with van der Waals surface area (Å²) in [6, 6.07) is 0.370. The molecule has 0 aromatic carbocycles. The van der Waals surface area contributed by atoms with Crippen LogP contribution in [-0.2, 0) is 4.74 Å². The lowest BCUT2D eigenvalue weighted by Crippen LogP contribution is -2.41. The number of ether oxygens (including phenoxy) is 1. The molecule has 15 heavy (non-hydrogen) atoms. The van der Waals surface area contributed by atoms with Crippen molar-refractivity contribution in [2.45, 2.75) is 33.2 Å². The van der Waals surface area contributed by atoms with Crippen molar-refractivity contribution in [1.82, 2.24) is 10.2 Å². The van der Waals surface area contributed by atoms with Gasteiger partial charge in [0.05, 0.1) is 6.61 Å². The highest BCUT2D eigenvalue weighted by molar-refractivity contribution is 5.67. The first-order chi connectivity index (χ1) is 6.97. The maximum Gasteiger partial charge on any atom is 0.407 e. The standard InChI is InChI=1S/C11H24N2O2/c1-6-15-11(14)12-8-10(13(4)5)7-9(2)3/h9-10H,6-8H2,1-5H3,(H,12,14). The maximum absolute atomic E-state index is 11.1. The Morgan fingerprint density at radius 3 is 2.40 bits per heavy atom. The molecule has 0 aromatic heterocycles. The van der Waals surface area contributed by atoms with Crippen LogP contribution in [0, 0.1) is 5.92 Å². The van der Waals surface area contributed by atoms with Crippen LogP contribution in [0.3, 0.4) is 0 Å². The third-order valence-electron chi connectivity index (χ3n) is 2.23. The summed E-state index contributed by atoms with van der Waals surface area (Å²) in [4.78, 5) is 13.2. The van der Waals surface area contributed by atoms with Crippen LogP contribution in [0.2, 0.25) is 0 Å². The molecule has 0 aliphatic heterocycles. The number of carbonyl (C=O) groups is 1. The van der Waals surface area contributed by atoms with Crippen LogP contribution < -0.4 is 5.32 Å². The molecule has 0 rings (SSSR count). The first-order valence-corrected chi connectivity index (χ1v) is 5.54. The quantitative estimate of drug-likeness (QED) is 0.735. The second-order valence-corrected chi connectivity index (χ2v) is 4.35. The Hall–Kier alpha value is -0.770. The molecule has 1 unspecified atom stereocenters. The highest BCUT2D eigenvalue weighted by atomic mass is 16.5. The number of amides is 1. The van der Waals surface area contributed by atoms with E-state index in [1.54, 1.807) is 6.92 Å². The van der Waals surface area contributed by atoms with Gasteiger partial charge in [0.1, 0.15) is 0 Å². The van der Waals surface area contributed by atoms with Crippen molar-refractivity contribution in [1.29, 1.82) is 0 Å². The third kappa shape index (κ3) is 7.19. The fourth-order valence-electron chi connectivity index (χ4n) is 1.40. The molecule has 90 valence electrons. The number of likely N-dealkylation sites (N-methyl/N-ethyl adjacent to an activating group) is 1. The van der Waals surface area contributed by atoms with Gasteiger partial charge in [-0.25, -0.2) is 4.79 Å². The van der Waals surface area contributed by atoms with E-state index in [0.717, 1.165) is 6.42 Å². The number of carbonyl (C=O) groups excluding carboxylic acids is 1. The summed E-state index contributed by atoms with van der Waals surface area (Å²) in [5, 5.41) is 2.77. The van der Waals surface area contributed by atoms with E-state index in [9.17, 15) is 4.79 Å². The molecule has 0 fully saturated rings. The second-order valence-electron chi connectivity index (χ2n) is 4.35. The van der Waals surface area contributed by atoms with Crippen LogP contribution in [0.15, 0.2) is 0 Å². The Balaban J connectivity index is 3.90. The topological polar surface area (TPSA) is 41.6 Å². The zero-order chi connectivity index (χ0) is 11.8. The highest BCUT2D eigenvalue weighted by Gasteiger charge is 2.14. The van der Waals surface area contributed by atoms with Gasteiger partial charge in [-0.1, -0.05) is 13.8 Å². The van der Waals surface area contributed by atoms with Gasteiger partial charge in [-0.15, -0.1) is 0 Å². The molecular weight excluding hydrogens is 192 g/mol. The lowest BCUT2D eigenvalue weighted by molar-refractivity contribution is 0.146. The van der Waals surface area contributed by atoms with Crippen LogP contribution in [-0.4, -0.2) is 44.3 Å². The number of rotatable bonds is 6. The predicted molar refractivity (Wildman–Crippen MR) is 62.0 cm³/mol. The molecule has 4 heteroatoms. The molecule has 0 saturated carbocycles. The number of hydrogen-bond acceptors (Lipinski definition) is 3. The van der Waals surface area contributed by atoms with E-state index in [2.05, 4.69) is 24.1 Å². The van der Waals surface area contributed by atoms with Gasteiger partial charge in [0.2, 0.25) is 0 Å². The molecule has 0 saturated heterocycles. The Bertz CT molecular complexity index is 181. The maximum atomic E-state index is 11.1. The lowest BCUT2D eigenvalue weighted by Gasteiger charge is -2.25. The van der Waals surface area contributed by atoms with Gasteiger partial charge in [0.25, 0.3) is 0 Å². The molecule has 0 aliphatic carbocycles. The van der Waals surface area contributed by atoms with E-state index < -0.39 is 0 Å². The molecule has 0 radical (unpaired) electrons. The van der Waals surface area contributed by atoms with Gasteiger partial charge in [0, 0.05) is 12.6 Å². The van der Waals surface area contributed by atoms with Gasteiger partial charge in [-0.2, -0.15) is 0 Å². The molecule has 1 N–H and O–H groups in total. The fraction of sp³-hybridized carbons (Fsp3) is 0.909. The van der Waals surface area contributed by atoms with Crippen molar-refractivity contribution in [3.05, 3.63) is 0 Å². The first-order valence-electron chi connectivity index (χ1n) is 5.54. The average Bonchev–Trinajstić information content (AvgIpc) is 2.11. The van der Waals surface area contributed by atoms with Crippen molar-refractivity contribution in [3.63, 3.8) is 0 Å². The number of nitrogens with one attached hydrogen (secondary N) is 1. The van der Waals surface area contributed by atoms with Gasteiger partial charge in [0.15, 0.2) is 0 Å². The van der Waals surface area contributed by atoms with Gasteiger partial charge in [-0.3, -0.25) is 0 Å². The normalized spacial score (nSPS) is 13.0. The van der Waals surface area contributed by atoms with E-state index in [1.165, 1.54) is 0 Å². The summed E-state index contributed by atoms with van der Waals surface area (Å²) in [5.74, 6) is 0.626. The summed E-state index contributed by atoms with van der Waals surface area (Å²) in [5.41, 5.74) is 0. The summed E-state index contributed by atoms with van der Waals surface area (Å²) in [6.07, 6.45) is 0.743. The van der Waals surface area contributed by atoms with Crippen LogP contribution in [0.5, 0.6) is 0 Å². The van der Waals surface area contributed by atoms with Gasteiger partial charge < -0.3 is 15.0 Å². The average molecular weight is 216 g/mol. The van der Waals surface area contributed by atoms with Crippen LogP contribution in [0.4, 0.5) is 4.79 Å². The van der Waals surface area contributed by atoms with Crippen molar-refractivity contribution in [2.24, 2.45) is 5.92 Å². The molecular formula is C11H24N2O2. The minimum Gasteiger partial charge on any atom is -0.450 e. The summed E-state index contributed by atoms with van der Waals surface area (Å²) in [7, 11) is 4.06. The molecule has 4 nitrogen and oxygen atoms in total. The zero-order valence-corrected chi connectivity index (χ0v) is 10.5. The van der Waals surface area contributed by atoms with Gasteiger partial charge in [-0.05, 0) is 33.4 Å². The van der Waals surface area contributed by atoms with Crippen molar-refractivity contribution >= 4 is 6.09 Å². The van der Waals surface area contributed by atoms with Crippen molar-refractivity contribution < 1.29 is 9.53 Å². The van der Waals surface area contributed by atoms with Crippen LogP contribution in [0.1, 0.15) is 27.2 Å². The molecule has 0 aromatic rings. The van der Waals surface area contributed by atoms with Crippen molar-refractivity contribution in [2.75, 3.05) is 27.2 Å². The van der Waals surface area contributed by atoms with E-state index in [4.69, 9.17) is 4.74 Å². The Labute approximate surface area is 93.0 Å². The molecule has 0 bridgehead atoms. The summed E-state index contributed by atoms with van der Waals surface area (Å²) < 4.78 is 4.81. The van der Waals surface area contributed by atoms with Crippen LogP contribution in [0.25, 0.3) is 0 Å². The van der Waals surface area contributed by atoms with E-state index >= 15 is 0 Å². The third-order valence-corrected chi connectivity index (χ3v) is 2.23. The molecule has 1 atom stereocenters. The number of alkyl carbamates (subject to hydrolysis) is 1. The largest absolute Gasteiger partial charge is 0.450 e.